The molecular weight excluding hydrogens is 257 g/mol. The van der Waals surface area contributed by atoms with Gasteiger partial charge in [0.25, 0.3) is 0 Å². The highest BCUT2D eigenvalue weighted by Crippen LogP contribution is 2.22. The first kappa shape index (κ1) is 18.9. The largest absolute Gasteiger partial charge is 0.389 e. The molecule has 0 saturated carbocycles. The Balaban J connectivity index is 0. The maximum absolute atomic E-state index is 11.9. The molecule has 7 heteroatoms. The summed E-state index contributed by atoms with van der Waals surface area (Å²) in [7, 11) is 0. The van der Waals surface area contributed by atoms with Gasteiger partial charge >= 0.3 is 6.18 Å². The van der Waals surface area contributed by atoms with E-state index in [4.69, 9.17) is 5.73 Å². The van der Waals surface area contributed by atoms with E-state index in [9.17, 15) is 18.0 Å². The minimum atomic E-state index is -4.29. The molecular formula is C10H20ClF3N2O. The van der Waals surface area contributed by atoms with E-state index < -0.39 is 30.5 Å². The molecule has 0 aliphatic rings. The summed E-state index contributed by atoms with van der Waals surface area (Å²) in [5, 5.41) is 2.59. The second-order valence-corrected chi connectivity index (χ2v) is 3.85. The highest BCUT2D eigenvalue weighted by atomic mass is 35.5. The third kappa shape index (κ3) is 7.44. The summed E-state index contributed by atoms with van der Waals surface area (Å²) in [5.41, 5.74) is 4.96. The summed E-state index contributed by atoms with van der Waals surface area (Å²) in [5.74, 6) is -0.591. The molecule has 0 saturated heterocycles. The lowest BCUT2D eigenvalue weighted by Gasteiger charge is -2.31. The van der Waals surface area contributed by atoms with Crippen LogP contribution in [0.25, 0.3) is 0 Å². The number of hydrogen-bond donors (Lipinski definition) is 2. The number of nitrogens with one attached hydrogen (secondary N) is 1. The van der Waals surface area contributed by atoms with Gasteiger partial charge in [0.15, 0.2) is 0 Å². The molecule has 0 aliphatic heterocycles. The van der Waals surface area contributed by atoms with Crippen molar-refractivity contribution in [3.63, 3.8) is 0 Å². The van der Waals surface area contributed by atoms with Crippen molar-refractivity contribution in [3.05, 3.63) is 0 Å². The molecule has 0 atom stereocenters. The van der Waals surface area contributed by atoms with Gasteiger partial charge in [-0.15, -0.1) is 12.4 Å². The number of carbonyl (C=O) groups excluding carboxylic acids is 1. The predicted molar refractivity (Wildman–Crippen MR) is 63.0 cm³/mol. The number of hydrogen-bond acceptors (Lipinski definition) is 2. The molecule has 1 amide bonds. The van der Waals surface area contributed by atoms with Crippen molar-refractivity contribution >= 4 is 18.3 Å². The molecule has 0 aromatic heterocycles. The monoisotopic (exact) mass is 276 g/mol. The third-order valence-electron chi connectivity index (χ3n) is 2.78. The van der Waals surface area contributed by atoms with Crippen LogP contribution in [0.2, 0.25) is 0 Å². The van der Waals surface area contributed by atoms with Crippen molar-refractivity contribution in [1.29, 1.82) is 0 Å². The van der Waals surface area contributed by atoms with E-state index in [0.29, 0.717) is 12.8 Å². The van der Waals surface area contributed by atoms with Gasteiger partial charge in [0, 0.05) is 13.0 Å². The Hall–Kier alpha value is -0.490. The summed E-state index contributed by atoms with van der Waals surface area (Å²) >= 11 is 0. The minimum Gasteiger partial charge on any atom is -0.349 e. The lowest BCUT2D eigenvalue weighted by atomic mass is 9.92. The van der Waals surface area contributed by atoms with Gasteiger partial charge in [-0.2, -0.15) is 13.2 Å². The van der Waals surface area contributed by atoms with Crippen molar-refractivity contribution in [2.24, 2.45) is 5.73 Å². The smallest absolute Gasteiger partial charge is 0.349 e. The average Bonchev–Trinajstić information content (AvgIpc) is 2.22. The van der Waals surface area contributed by atoms with Crippen LogP contribution in [0.5, 0.6) is 0 Å². The molecule has 17 heavy (non-hydrogen) atoms. The fourth-order valence-electron chi connectivity index (χ4n) is 1.38. The first-order chi connectivity index (χ1) is 7.28. The summed E-state index contributed by atoms with van der Waals surface area (Å²) < 4.78 is 35.7. The summed E-state index contributed by atoms with van der Waals surface area (Å²) in [6, 6.07) is 0. The molecule has 3 nitrogen and oxygen atoms in total. The van der Waals surface area contributed by atoms with E-state index >= 15 is 0 Å². The Morgan fingerprint density at radius 2 is 1.71 bits per heavy atom. The van der Waals surface area contributed by atoms with E-state index in [1.165, 1.54) is 0 Å². The number of alkyl halides is 3. The molecule has 104 valence electrons. The predicted octanol–water partition coefficient (Wildman–Crippen LogP) is 2.38. The van der Waals surface area contributed by atoms with Gasteiger partial charge in [-0.25, -0.2) is 0 Å². The van der Waals surface area contributed by atoms with Crippen LogP contribution in [-0.2, 0) is 4.79 Å². The van der Waals surface area contributed by atoms with Gasteiger partial charge in [0.1, 0.15) is 0 Å². The molecule has 0 aliphatic carbocycles. The summed E-state index contributed by atoms with van der Waals surface area (Å²) in [6.45, 7) is 3.93. The van der Waals surface area contributed by atoms with Crippen molar-refractivity contribution in [2.45, 2.75) is 51.2 Å². The number of amides is 1. The van der Waals surface area contributed by atoms with Crippen LogP contribution in [0.4, 0.5) is 13.2 Å². The Bertz CT molecular complexity index is 222. The van der Waals surface area contributed by atoms with Crippen LogP contribution in [0.15, 0.2) is 0 Å². The first-order valence-corrected chi connectivity index (χ1v) is 5.36. The number of nitrogens with two attached hydrogens (primary N) is 1. The molecule has 0 spiro atoms. The van der Waals surface area contributed by atoms with Crippen LogP contribution in [0.1, 0.15) is 39.5 Å². The van der Waals surface area contributed by atoms with Gasteiger partial charge in [-0.3, -0.25) is 4.79 Å². The third-order valence-corrected chi connectivity index (χ3v) is 2.78. The number of carbonyl (C=O) groups is 1. The van der Waals surface area contributed by atoms with Crippen LogP contribution in [-0.4, -0.2) is 24.2 Å². The van der Waals surface area contributed by atoms with E-state index in [2.05, 4.69) is 5.32 Å². The summed E-state index contributed by atoms with van der Waals surface area (Å²) in [4.78, 5) is 11.3. The van der Waals surface area contributed by atoms with Crippen LogP contribution in [0.3, 0.4) is 0 Å². The second kappa shape index (κ2) is 7.76. The molecule has 0 fully saturated rings. The van der Waals surface area contributed by atoms with E-state index in [1.54, 1.807) is 0 Å². The van der Waals surface area contributed by atoms with Gasteiger partial charge < -0.3 is 11.1 Å². The SMILES string of the molecule is CCC(CC)(CN)NC(=O)CCC(F)(F)F.Cl. The zero-order valence-electron chi connectivity index (χ0n) is 10.1. The van der Waals surface area contributed by atoms with E-state index in [0.717, 1.165) is 0 Å². The first-order valence-electron chi connectivity index (χ1n) is 5.36. The quantitative estimate of drug-likeness (QED) is 0.783. The Morgan fingerprint density at radius 3 is 2.00 bits per heavy atom. The topological polar surface area (TPSA) is 55.1 Å². The average molecular weight is 277 g/mol. The van der Waals surface area contributed by atoms with Crippen molar-refractivity contribution < 1.29 is 18.0 Å². The summed E-state index contributed by atoms with van der Waals surface area (Å²) in [6.07, 6.45) is -4.70. The Morgan fingerprint density at radius 1 is 1.24 bits per heavy atom. The highest BCUT2D eigenvalue weighted by molar-refractivity contribution is 5.85. The van der Waals surface area contributed by atoms with Crippen LogP contribution < -0.4 is 11.1 Å². The van der Waals surface area contributed by atoms with Gasteiger partial charge in [0.2, 0.25) is 5.91 Å². The maximum Gasteiger partial charge on any atom is 0.389 e. The van der Waals surface area contributed by atoms with Gasteiger partial charge in [-0.1, -0.05) is 13.8 Å². The fourth-order valence-corrected chi connectivity index (χ4v) is 1.38. The van der Waals surface area contributed by atoms with Gasteiger partial charge in [-0.05, 0) is 12.8 Å². The molecule has 0 aromatic rings. The van der Waals surface area contributed by atoms with Gasteiger partial charge in [0.05, 0.1) is 12.0 Å². The fraction of sp³-hybridized carbons (Fsp3) is 0.900. The lowest BCUT2D eigenvalue weighted by molar-refractivity contribution is -0.145. The highest BCUT2D eigenvalue weighted by Gasteiger charge is 2.30. The molecule has 0 rings (SSSR count). The molecule has 3 N–H and O–H groups in total. The normalized spacial score (nSPS) is 11.9. The molecule has 0 heterocycles. The van der Waals surface area contributed by atoms with Crippen LogP contribution in [0, 0.1) is 0 Å². The molecule has 0 unspecified atom stereocenters. The van der Waals surface area contributed by atoms with Crippen molar-refractivity contribution in [1.82, 2.24) is 5.32 Å². The Labute approximate surface area is 106 Å². The lowest BCUT2D eigenvalue weighted by Crippen LogP contribution is -2.52. The minimum absolute atomic E-state index is 0. The zero-order chi connectivity index (χ0) is 12.8. The maximum atomic E-state index is 11.9. The van der Waals surface area contributed by atoms with Crippen LogP contribution >= 0.6 is 12.4 Å². The molecule has 0 aromatic carbocycles. The van der Waals surface area contributed by atoms with E-state index in [-0.39, 0.29) is 19.0 Å². The van der Waals surface area contributed by atoms with Crippen molar-refractivity contribution in [2.75, 3.05) is 6.54 Å². The number of rotatable bonds is 6. The second-order valence-electron chi connectivity index (χ2n) is 3.85. The standard InChI is InChI=1S/C10H19F3N2O.ClH/c1-3-9(4-2,7-14)15-8(16)5-6-10(11,12)13;/h3-7,14H2,1-2H3,(H,15,16);1H. The molecule has 0 bridgehead atoms. The number of halogens is 4. The Kier molecular flexibility index (Phi) is 8.61. The van der Waals surface area contributed by atoms with E-state index in [1.807, 2.05) is 13.8 Å². The molecule has 0 radical (unpaired) electrons. The zero-order valence-corrected chi connectivity index (χ0v) is 10.9. The van der Waals surface area contributed by atoms with Crippen molar-refractivity contribution in [3.8, 4) is 0 Å².